The Kier molecular flexibility index (Phi) is 6.72. The number of carbonyl (C=O) groups is 2. The van der Waals surface area contributed by atoms with E-state index in [1.54, 1.807) is 24.3 Å². The van der Waals surface area contributed by atoms with Crippen molar-refractivity contribution in [2.45, 2.75) is 26.3 Å². The Hall–Kier alpha value is -1.52. The molecule has 0 aromatic heterocycles. The summed E-state index contributed by atoms with van der Waals surface area (Å²) in [6.45, 7) is 3.79. The maximum absolute atomic E-state index is 11.7. The van der Waals surface area contributed by atoms with Gasteiger partial charge in [-0.3, -0.25) is 4.79 Å². The number of nitrogens with one attached hydrogen (secondary N) is 1. The summed E-state index contributed by atoms with van der Waals surface area (Å²) in [5, 5.41) is 12.3. The molecule has 0 saturated carbocycles. The first-order chi connectivity index (χ1) is 9.79. The molecule has 0 aliphatic rings. The number of halogens is 2. The van der Waals surface area contributed by atoms with Crippen molar-refractivity contribution in [2.75, 3.05) is 0 Å². The fourth-order valence-corrected chi connectivity index (χ4v) is 2.01. The van der Waals surface area contributed by atoms with Gasteiger partial charge in [-0.15, -0.1) is 0 Å². The van der Waals surface area contributed by atoms with Crippen LogP contribution in [-0.4, -0.2) is 23.0 Å². The van der Waals surface area contributed by atoms with Gasteiger partial charge in [0.2, 0.25) is 5.91 Å². The molecular formula is C15H17Cl2NO3. The van der Waals surface area contributed by atoms with Crippen molar-refractivity contribution in [1.29, 1.82) is 0 Å². The van der Waals surface area contributed by atoms with Gasteiger partial charge in [-0.1, -0.05) is 43.1 Å². The highest BCUT2D eigenvalue weighted by Crippen LogP contribution is 2.23. The topological polar surface area (TPSA) is 66.4 Å². The second-order valence-corrected chi connectivity index (χ2v) is 5.85. The zero-order valence-corrected chi connectivity index (χ0v) is 13.3. The highest BCUT2D eigenvalue weighted by molar-refractivity contribution is 6.42. The molecule has 6 heteroatoms. The van der Waals surface area contributed by atoms with E-state index in [0.717, 1.165) is 0 Å². The van der Waals surface area contributed by atoms with E-state index in [4.69, 9.17) is 28.3 Å². The summed E-state index contributed by atoms with van der Waals surface area (Å²) in [5.41, 5.74) is 0.704. The van der Waals surface area contributed by atoms with Crippen molar-refractivity contribution >= 4 is 41.2 Å². The average Bonchev–Trinajstić information content (AvgIpc) is 2.38. The second kappa shape index (κ2) is 8.05. The quantitative estimate of drug-likeness (QED) is 0.783. The zero-order chi connectivity index (χ0) is 16.0. The number of amides is 1. The minimum absolute atomic E-state index is 0.172. The van der Waals surface area contributed by atoms with Gasteiger partial charge < -0.3 is 10.4 Å². The zero-order valence-electron chi connectivity index (χ0n) is 11.8. The van der Waals surface area contributed by atoms with E-state index < -0.39 is 17.9 Å². The number of carboxylic acids is 1. The molecule has 4 nitrogen and oxygen atoms in total. The van der Waals surface area contributed by atoms with Gasteiger partial charge in [0.25, 0.3) is 0 Å². The van der Waals surface area contributed by atoms with Crippen LogP contribution in [0.3, 0.4) is 0 Å². The molecule has 0 aliphatic carbocycles. The molecule has 114 valence electrons. The van der Waals surface area contributed by atoms with Crippen LogP contribution < -0.4 is 5.32 Å². The Morgan fingerprint density at radius 2 is 1.95 bits per heavy atom. The first-order valence-electron chi connectivity index (χ1n) is 6.46. The minimum Gasteiger partial charge on any atom is -0.480 e. The SMILES string of the molecule is CC(C)C[C@H](NC(=O)/C=C/c1ccc(Cl)c(Cl)c1)C(=O)O. The first kappa shape index (κ1) is 17.5. The predicted octanol–water partition coefficient (Wildman–Crippen LogP) is 3.62. The van der Waals surface area contributed by atoms with Crippen LogP contribution in [0.2, 0.25) is 10.0 Å². The molecule has 0 heterocycles. The molecule has 0 radical (unpaired) electrons. The molecule has 0 bridgehead atoms. The number of carboxylic acid groups (broad SMARTS) is 1. The number of rotatable bonds is 6. The van der Waals surface area contributed by atoms with Crippen molar-refractivity contribution < 1.29 is 14.7 Å². The maximum Gasteiger partial charge on any atom is 0.326 e. The number of hydrogen-bond acceptors (Lipinski definition) is 2. The molecule has 1 atom stereocenters. The van der Waals surface area contributed by atoms with E-state index in [9.17, 15) is 9.59 Å². The van der Waals surface area contributed by atoms with Crippen LogP contribution in [0.25, 0.3) is 6.08 Å². The number of aliphatic carboxylic acids is 1. The Balaban J connectivity index is 2.68. The molecule has 1 aromatic rings. The van der Waals surface area contributed by atoms with E-state index in [1.165, 1.54) is 6.08 Å². The van der Waals surface area contributed by atoms with Crippen LogP contribution in [0.5, 0.6) is 0 Å². The summed E-state index contributed by atoms with van der Waals surface area (Å²) in [5.74, 6) is -1.33. The monoisotopic (exact) mass is 329 g/mol. The Bertz CT molecular complexity index is 556. The number of hydrogen-bond donors (Lipinski definition) is 2. The van der Waals surface area contributed by atoms with Crippen molar-refractivity contribution in [1.82, 2.24) is 5.32 Å². The number of carbonyl (C=O) groups excluding carboxylic acids is 1. The minimum atomic E-state index is -1.04. The van der Waals surface area contributed by atoms with Crippen LogP contribution in [0.15, 0.2) is 24.3 Å². The van der Waals surface area contributed by atoms with Gasteiger partial charge in [-0.2, -0.15) is 0 Å². The van der Waals surface area contributed by atoms with Crippen LogP contribution in [0, 0.1) is 5.92 Å². The second-order valence-electron chi connectivity index (χ2n) is 5.04. The van der Waals surface area contributed by atoms with Crippen LogP contribution >= 0.6 is 23.2 Å². The van der Waals surface area contributed by atoms with Crippen molar-refractivity contribution in [3.05, 3.63) is 39.9 Å². The standard InChI is InChI=1S/C15H17Cl2NO3/c1-9(2)7-13(15(20)21)18-14(19)6-4-10-3-5-11(16)12(17)8-10/h3-6,8-9,13H,7H2,1-2H3,(H,18,19)(H,20,21)/b6-4+/t13-/m0/s1. The molecule has 0 saturated heterocycles. The summed E-state index contributed by atoms with van der Waals surface area (Å²) < 4.78 is 0. The van der Waals surface area contributed by atoms with E-state index >= 15 is 0 Å². The smallest absolute Gasteiger partial charge is 0.326 e. The Labute approximate surface area is 133 Å². The molecule has 21 heavy (non-hydrogen) atoms. The van der Waals surface area contributed by atoms with Gasteiger partial charge in [0.15, 0.2) is 0 Å². The van der Waals surface area contributed by atoms with Gasteiger partial charge in [-0.25, -0.2) is 4.79 Å². The molecule has 1 aromatic carbocycles. The van der Waals surface area contributed by atoms with Gasteiger partial charge >= 0.3 is 5.97 Å². The van der Waals surface area contributed by atoms with E-state index in [2.05, 4.69) is 5.32 Å². The van der Waals surface area contributed by atoms with E-state index in [0.29, 0.717) is 22.0 Å². The normalized spacial score (nSPS) is 12.6. The van der Waals surface area contributed by atoms with Crippen molar-refractivity contribution in [2.24, 2.45) is 5.92 Å². The summed E-state index contributed by atoms with van der Waals surface area (Å²) in [6.07, 6.45) is 3.20. The lowest BCUT2D eigenvalue weighted by Crippen LogP contribution is -2.40. The molecule has 1 amide bonds. The summed E-state index contributed by atoms with van der Waals surface area (Å²) >= 11 is 11.7. The summed E-state index contributed by atoms with van der Waals surface area (Å²) in [4.78, 5) is 22.8. The third kappa shape index (κ3) is 6.19. The third-order valence-electron chi connectivity index (χ3n) is 2.69. The lowest BCUT2D eigenvalue weighted by atomic mass is 10.0. The highest BCUT2D eigenvalue weighted by Gasteiger charge is 2.19. The van der Waals surface area contributed by atoms with Gasteiger partial charge in [0.1, 0.15) is 6.04 Å². The molecule has 0 aliphatic heterocycles. The third-order valence-corrected chi connectivity index (χ3v) is 3.43. The van der Waals surface area contributed by atoms with Gasteiger partial charge in [0, 0.05) is 6.08 Å². The molecule has 2 N–H and O–H groups in total. The summed E-state index contributed by atoms with van der Waals surface area (Å²) in [6, 6.07) is 4.06. The predicted molar refractivity (Wildman–Crippen MR) is 84.5 cm³/mol. The molecule has 0 unspecified atom stereocenters. The van der Waals surface area contributed by atoms with Crippen molar-refractivity contribution in [3.8, 4) is 0 Å². The van der Waals surface area contributed by atoms with E-state index in [-0.39, 0.29) is 5.92 Å². The van der Waals surface area contributed by atoms with Gasteiger partial charge in [-0.05, 0) is 36.1 Å². The lowest BCUT2D eigenvalue weighted by molar-refractivity contribution is -0.141. The van der Waals surface area contributed by atoms with Crippen LogP contribution in [0.4, 0.5) is 0 Å². The van der Waals surface area contributed by atoms with Crippen molar-refractivity contribution in [3.63, 3.8) is 0 Å². The summed E-state index contributed by atoms with van der Waals surface area (Å²) in [7, 11) is 0. The first-order valence-corrected chi connectivity index (χ1v) is 7.21. The van der Waals surface area contributed by atoms with Gasteiger partial charge in [0.05, 0.1) is 10.0 Å². The molecule has 1 rings (SSSR count). The van der Waals surface area contributed by atoms with Crippen LogP contribution in [-0.2, 0) is 9.59 Å². The lowest BCUT2D eigenvalue weighted by Gasteiger charge is -2.15. The molecule has 0 fully saturated rings. The Morgan fingerprint density at radius 1 is 1.29 bits per heavy atom. The molecule has 0 spiro atoms. The average molecular weight is 330 g/mol. The fourth-order valence-electron chi connectivity index (χ4n) is 1.70. The van der Waals surface area contributed by atoms with Crippen LogP contribution in [0.1, 0.15) is 25.8 Å². The largest absolute Gasteiger partial charge is 0.480 e. The fraction of sp³-hybridized carbons (Fsp3) is 0.333. The van der Waals surface area contributed by atoms with E-state index in [1.807, 2.05) is 13.8 Å². The Morgan fingerprint density at radius 3 is 2.48 bits per heavy atom. The molecular weight excluding hydrogens is 313 g/mol. The maximum atomic E-state index is 11.7. The number of benzene rings is 1. The highest BCUT2D eigenvalue weighted by atomic mass is 35.5.